The summed E-state index contributed by atoms with van der Waals surface area (Å²) in [4.78, 5) is 45.7. The lowest BCUT2D eigenvalue weighted by atomic mass is 9.90. The largest absolute Gasteiger partial charge is 0.381 e. The highest BCUT2D eigenvalue weighted by Gasteiger charge is 2.28. The molecular weight excluding hydrogens is 480 g/mol. The van der Waals surface area contributed by atoms with Crippen LogP contribution in [0.3, 0.4) is 0 Å². The molecule has 4 N–H and O–H groups in total. The van der Waals surface area contributed by atoms with Crippen LogP contribution in [0.5, 0.6) is 0 Å². The van der Waals surface area contributed by atoms with Gasteiger partial charge >= 0.3 is 0 Å². The molecule has 38 heavy (non-hydrogen) atoms. The summed E-state index contributed by atoms with van der Waals surface area (Å²) in [5, 5.41) is 9.58. The summed E-state index contributed by atoms with van der Waals surface area (Å²) in [7, 11) is 2.13. The molecule has 0 bridgehead atoms. The fourth-order valence-corrected chi connectivity index (χ4v) is 5.95. The Morgan fingerprint density at radius 1 is 0.868 bits per heavy atom. The Hall–Kier alpha value is -3.33. The van der Waals surface area contributed by atoms with Crippen LogP contribution in [0.2, 0.25) is 0 Å². The van der Waals surface area contributed by atoms with E-state index in [9.17, 15) is 14.4 Å². The lowest BCUT2D eigenvalue weighted by Crippen LogP contribution is -2.44. The molecule has 2 saturated carbocycles. The van der Waals surface area contributed by atoms with Crippen molar-refractivity contribution in [2.75, 3.05) is 48.8 Å². The summed E-state index contributed by atoms with van der Waals surface area (Å²) < 4.78 is 0. The highest BCUT2D eigenvalue weighted by molar-refractivity contribution is 6.07. The second kappa shape index (κ2) is 12.0. The number of nitrogens with one attached hydrogen (secondary N) is 4. The number of anilines is 3. The van der Waals surface area contributed by atoms with E-state index in [0.29, 0.717) is 11.4 Å². The fraction of sp³-hybridized carbons (Fsp3) is 0.552. The average molecular weight is 521 g/mol. The highest BCUT2D eigenvalue weighted by atomic mass is 16.2. The van der Waals surface area contributed by atoms with Gasteiger partial charge in [-0.05, 0) is 75.9 Å². The molecule has 2 aliphatic carbocycles. The standard InChI is InChI=1S/C29H40N6O3/c1-34-16-18-35(19-17-34)24-12-10-23(11-13-24)33-29(38)26-25(14-15-30-28(26)37)31-21-6-8-22(9-7-21)32-27(36)20-4-2-3-5-20/h10-15,20-22H,2-9,16-19H2,1H3,(H,32,36)(H,33,38)(H2,30,31,37). The Labute approximate surface area is 224 Å². The first kappa shape index (κ1) is 26.3. The minimum Gasteiger partial charge on any atom is -0.381 e. The number of pyridine rings is 1. The molecule has 3 fully saturated rings. The normalized spacial score (nSPS) is 22.7. The van der Waals surface area contributed by atoms with Gasteiger partial charge < -0.3 is 30.7 Å². The van der Waals surface area contributed by atoms with Crippen molar-refractivity contribution in [1.29, 1.82) is 0 Å². The van der Waals surface area contributed by atoms with Gasteiger partial charge in [-0.1, -0.05) is 12.8 Å². The average Bonchev–Trinajstić information content (AvgIpc) is 3.46. The van der Waals surface area contributed by atoms with Crippen LogP contribution in [0.1, 0.15) is 61.7 Å². The maximum Gasteiger partial charge on any atom is 0.263 e. The maximum absolute atomic E-state index is 13.2. The van der Waals surface area contributed by atoms with Gasteiger partial charge in [0.1, 0.15) is 5.56 Å². The predicted octanol–water partition coefficient (Wildman–Crippen LogP) is 3.41. The lowest BCUT2D eigenvalue weighted by Gasteiger charge is -2.34. The molecule has 204 valence electrons. The molecule has 1 aliphatic heterocycles. The molecule has 0 radical (unpaired) electrons. The van der Waals surface area contributed by atoms with Crippen LogP contribution in [-0.2, 0) is 4.79 Å². The van der Waals surface area contributed by atoms with Crippen LogP contribution in [-0.4, -0.2) is 67.0 Å². The molecule has 1 saturated heterocycles. The number of nitrogens with zero attached hydrogens (tertiary/aromatic N) is 2. The summed E-state index contributed by atoms with van der Waals surface area (Å²) in [5.74, 6) is -0.0332. The first-order chi connectivity index (χ1) is 18.5. The molecule has 1 aromatic carbocycles. The van der Waals surface area contributed by atoms with Gasteiger partial charge in [-0.15, -0.1) is 0 Å². The molecule has 9 nitrogen and oxygen atoms in total. The minimum atomic E-state index is -0.431. The number of likely N-dealkylation sites (N-methyl/N-ethyl adjacent to an activating group) is 1. The Morgan fingerprint density at radius 3 is 2.21 bits per heavy atom. The zero-order valence-corrected chi connectivity index (χ0v) is 22.3. The van der Waals surface area contributed by atoms with E-state index >= 15 is 0 Å². The molecule has 3 aliphatic rings. The minimum absolute atomic E-state index is 0.0901. The number of H-pyrrole nitrogens is 1. The third-order valence-electron chi connectivity index (χ3n) is 8.34. The Kier molecular flexibility index (Phi) is 8.32. The van der Waals surface area contributed by atoms with Crippen molar-refractivity contribution in [1.82, 2.24) is 15.2 Å². The van der Waals surface area contributed by atoms with Gasteiger partial charge in [-0.3, -0.25) is 14.4 Å². The third-order valence-corrected chi connectivity index (χ3v) is 8.34. The van der Waals surface area contributed by atoms with Gasteiger partial charge in [0.15, 0.2) is 0 Å². The van der Waals surface area contributed by atoms with Crippen molar-refractivity contribution in [2.24, 2.45) is 5.92 Å². The number of amides is 2. The third kappa shape index (κ3) is 6.38. The van der Waals surface area contributed by atoms with E-state index in [1.165, 1.54) is 0 Å². The van der Waals surface area contributed by atoms with Crippen molar-refractivity contribution in [2.45, 2.75) is 63.5 Å². The quantitative estimate of drug-likeness (QED) is 0.446. The number of benzene rings is 1. The van der Waals surface area contributed by atoms with E-state index in [4.69, 9.17) is 0 Å². The molecule has 9 heteroatoms. The molecule has 1 aromatic heterocycles. The first-order valence-corrected chi connectivity index (χ1v) is 14.1. The monoisotopic (exact) mass is 520 g/mol. The highest BCUT2D eigenvalue weighted by Crippen LogP contribution is 2.27. The second-order valence-corrected chi connectivity index (χ2v) is 11.1. The zero-order valence-electron chi connectivity index (χ0n) is 22.3. The number of piperazine rings is 1. The Bertz CT molecular complexity index is 1160. The van der Waals surface area contributed by atoms with Crippen LogP contribution in [0.4, 0.5) is 17.1 Å². The number of carbonyl (C=O) groups excluding carboxylic acids is 2. The molecule has 5 rings (SSSR count). The summed E-state index contributed by atoms with van der Waals surface area (Å²) in [6, 6.07) is 9.90. The zero-order chi connectivity index (χ0) is 26.5. The van der Waals surface area contributed by atoms with E-state index in [1.807, 2.05) is 24.3 Å². The van der Waals surface area contributed by atoms with Crippen LogP contribution in [0, 0.1) is 5.92 Å². The van der Waals surface area contributed by atoms with Gasteiger partial charge in [0.2, 0.25) is 5.91 Å². The maximum atomic E-state index is 13.2. The van der Waals surface area contributed by atoms with E-state index in [2.05, 4.69) is 37.8 Å². The first-order valence-electron chi connectivity index (χ1n) is 14.1. The number of hydrogen-bond acceptors (Lipinski definition) is 6. The van der Waals surface area contributed by atoms with E-state index < -0.39 is 11.5 Å². The molecule has 0 atom stereocenters. The number of aromatic amines is 1. The van der Waals surface area contributed by atoms with E-state index in [1.54, 1.807) is 12.3 Å². The van der Waals surface area contributed by atoms with E-state index in [0.717, 1.165) is 83.2 Å². The van der Waals surface area contributed by atoms with Gasteiger partial charge in [0.25, 0.3) is 11.5 Å². The number of carbonyl (C=O) groups is 2. The van der Waals surface area contributed by atoms with Crippen molar-refractivity contribution in [3.63, 3.8) is 0 Å². The van der Waals surface area contributed by atoms with Crippen molar-refractivity contribution < 1.29 is 9.59 Å². The molecular formula is C29H40N6O3. The van der Waals surface area contributed by atoms with Gasteiger partial charge in [-0.25, -0.2) is 0 Å². The second-order valence-electron chi connectivity index (χ2n) is 11.1. The van der Waals surface area contributed by atoms with Crippen molar-refractivity contribution in [3.05, 3.63) is 52.4 Å². The Balaban J connectivity index is 1.17. The molecule has 2 amide bonds. The summed E-state index contributed by atoms with van der Waals surface area (Å²) in [6.45, 7) is 4.01. The van der Waals surface area contributed by atoms with Gasteiger partial charge in [-0.2, -0.15) is 0 Å². The summed E-state index contributed by atoms with van der Waals surface area (Å²) in [6.07, 6.45) is 9.42. The number of hydrogen-bond donors (Lipinski definition) is 4. The van der Waals surface area contributed by atoms with Crippen LogP contribution in [0.25, 0.3) is 0 Å². The smallest absolute Gasteiger partial charge is 0.263 e. The fourth-order valence-electron chi connectivity index (χ4n) is 5.95. The molecule has 0 spiro atoms. The number of rotatable bonds is 7. The molecule has 0 unspecified atom stereocenters. The van der Waals surface area contributed by atoms with E-state index in [-0.39, 0.29) is 29.5 Å². The van der Waals surface area contributed by atoms with Gasteiger partial charge in [0.05, 0.1) is 5.69 Å². The summed E-state index contributed by atoms with van der Waals surface area (Å²) in [5.41, 5.74) is 2.00. The van der Waals surface area contributed by atoms with Crippen LogP contribution >= 0.6 is 0 Å². The number of aromatic nitrogens is 1. The van der Waals surface area contributed by atoms with Crippen LogP contribution < -0.4 is 26.4 Å². The van der Waals surface area contributed by atoms with Crippen molar-refractivity contribution in [3.8, 4) is 0 Å². The van der Waals surface area contributed by atoms with Crippen LogP contribution in [0.15, 0.2) is 41.3 Å². The predicted molar refractivity (Wildman–Crippen MR) is 151 cm³/mol. The van der Waals surface area contributed by atoms with Crippen molar-refractivity contribution >= 4 is 28.9 Å². The topological polar surface area (TPSA) is 110 Å². The molecule has 2 aromatic rings. The SMILES string of the molecule is CN1CCN(c2ccc(NC(=O)c3c(NC4CCC(NC(=O)C5CCCC5)CC4)cc[nH]c3=O)cc2)CC1. The summed E-state index contributed by atoms with van der Waals surface area (Å²) >= 11 is 0. The lowest BCUT2D eigenvalue weighted by molar-refractivity contribution is -0.125. The molecule has 2 heterocycles. The van der Waals surface area contributed by atoms with Gasteiger partial charge in [0, 0.05) is 61.8 Å². The Morgan fingerprint density at radius 2 is 1.53 bits per heavy atom.